The van der Waals surface area contributed by atoms with Crippen LogP contribution in [0, 0.1) is 19.8 Å². The molecule has 0 aliphatic heterocycles. The molecule has 1 aromatic carbocycles. The summed E-state index contributed by atoms with van der Waals surface area (Å²) in [6, 6.07) is 7.73. The molecule has 5 heteroatoms. The first-order valence-corrected chi connectivity index (χ1v) is 8.42. The molecule has 0 saturated heterocycles. The lowest BCUT2D eigenvalue weighted by Crippen LogP contribution is -2.26. The second-order valence-corrected chi connectivity index (χ2v) is 6.64. The zero-order valence-electron chi connectivity index (χ0n) is 14.1. The molecule has 1 aromatic heterocycles. The number of aryl methyl sites for hydroxylation is 1. The minimum Gasteiger partial charge on any atom is -0.496 e. The van der Waals surface area contributed by atoms with Gasteiger partial charge in [0.2, 0.25) is 5.91 Å². The molecule has 2 atom stereocenters. The van der Waals surface area contributed by atoms with Gasteiger partial charge in [-0.1, -0.05) is 29.8 Å². The number of carbonyl (C=O) groups is 1. The van der Waals surface area contributed by atoms with Gasteiger partial charge in [0, 0.05) is 28.3 Å². The Kier molecular flexibility index (Phi) is 4.76. The van der Waals surface area contributed by atoms with Crippen molar-refractivity contribution >= 4 is 17.5 Å². The number of hydrogen-bond acceptors (Lipinski definition) is 3. The topological polar surface area (TPSA) is 51.2 Å². The minimum absolute atomic E-state index is 0.00227. The van der Waals surface area contributed by atoms with Gasteiger partial charge in [-0.15, -0.1) is 0 Å². The van der Waals surface area contributed by atoms with Crippen molar-refractivity contribution in [3.05, 3.63) is 57.9 Å². The van der Waals surface area contributed by atoms with E-state index < -0.39 is 0 Å². The quantitative estimate of drug-likeness (QED) is 0.898. The first kappa shape index (κ1) is 16.8. The Hall–Kier alpha value is -2.07. The van der Waals surface area contributed by atoms with Crippen LogP contribution in [0.5, 0.6) is 5.75 Å². The summed E-state index contributed by atoms with van der Waals surface area (Å²) < 4.78 is 5.40. The highest BCUT2D eigenvalue weighted by molar-refractivity contribution is 6.31. The molecule has 0 unspecified atom stereocenters. The van der Waals surface area contributed by atoms with E-state index in [1.807, 2.05) is 38.1 Å². The average Bonchev–Trinajstić information content (AvgIpc) is 3.35. The second kappa shape index (κ2) is 6.81. The van der Waals surface area contributed by atoms with Gasteiger partial charge in [0.1, 0.15) is 5.75 Å². The van der Waals surface area contributed by atoms with E-state index in [2.05, 4.69) is 10.3 Å². The van der Waals surface area contributed by atoms with Crippen LogP contribution < -0.4 is 10.1 Å². The summed E-state index contributed by atoms with van der Waals surface area (Å²) in [4.78, 5) is 16.8. The summed E-state index contributed by atoms with van der Waals surface area (Å²) >= 11 is 6.22. The lowest BCUT2D eigenvalue weighted by Gasteiger charge is -2.13. The van der Waals surface area contributed by atoms with Gasteiger partial charge in [-0.2, -0.15) is 0 Å². The molecular formula is C19H21ClN2O2. The minimum atomic E-state index is -0.00227. The summed E-state index contributed by atoms with van der Waals surface area (Å²) in [5, 5.41) is 3.73. The first-order chi connectivity index (χ1) is 11.5. The number of amides is 1. The third kappa shape index (κ3) is 3.24. The van der Waals surface area contributed by atoms with Crippen molar-refractivity contribution in [2.45, 2.75) is 32.7 Å². The summed E-state index contributed by atoms with van der Waals surface area (Å²) in [7, 11) is 1.65. The standard InChI is InChI=1S/C19H21ClN2O2/c1-11-9-21-17(12(2)18(11)24-3)10-22-19(23)15-8-14(15)13-6-4-5-7-16(13)20/h4-7,9,14-15H,8,10H2,1-3H3,(H,22,23)/t14-,15+/m0/s1. The molecule has 3 rings (SSSR count). The summed E-state index contributed by atoms with van der Waals surface area (Å²) in [6.07, 6.45) is 2.62. The van der Waals surface area contributed by atoms with E-state index in [0.29, 0.717) is 6.54 Å². The molecule has 4 nitrogen and oxygen atoms in total. The molecular weight excluding hydrogens is 324 g/mol. The predicted octanol–water partition coefficient (Wildman–Crippen LogP) is 3.78. The van der Waals surface area contributed by atoms with Gasteiger partial charge < -0.3 is 10.1 Å². The molecule has 1 fully saturated rings. The molecule has 126 valence electrons. The number of ether oxygens (including phenoxy) is 1. The summed E-state index contributed by atoms with van der Waals surface area (Å²) in [5.74, 6) is 1.10. The van der Waals surface area contributed by atoms with E-state index in [0.717, 1.165) is 39.6 Å². The number of carbonyl (C=O) groups excluding carboxylic acids is 1. The van der Waals surface area contributed by atoms with Gasteiger partial charge in [-0.25, -0.2) is 0 Å². The molecule has 0 bridgehead atoms. The maximum atomic E-state index is 12.4. The number of methoxy groups -OCH3 is 1. The smallest absolute Gasteiger partial charge is 0.224 e. The van der Waals surface area contributed by atoms with Crippen LogP contribution in [-0.4, -0.2) is 18.0 Å². The Bertz CT molecular complexity index is 776. The fourth-order valence-electron chi connectivity index (χ4n) is 3.16. The molecule has 1 amide bonds. The van der Waals surface area contributed by atoms with Crippen molar-refractivity contribution in [3.63, 3.8) is 0 Å². The predicted molar refractivity (Wildman–Crippen MR) is 94.4 cm³/mol. The van der Waals surface area contributed by atoms with Gasteiger partial charge >= 0.3 is 0 Å². The Labute approximate surface area is 147 Å². The van der Waals surface area contributed by atoms with Crippen LogP contribution in [0.3, 0.4) is 0 Å². The van der Waals surface area contributed by atoms with E-state index in [1.165, 1.54) is 0 Å². The van der Waals surface area contributed by atoms with E-state index in [9.17, 15) is 4.79 Å². The zero-order chi connectivity index (χ0) is 17.3. The maximum Gasteiger partial charge on any atom is 0.224 e. The number of halogens is 1. The normalized spacial score (nSPS) is 19.0. The number of nitrogens with one attached hydrogen (secondary N) is 1. The molecule has 1 saturated carbocycles. The number of nitrogens with zero attached hydrogens (tertiary/aromatic N) is 1. The molecule has 0 radical (unpaired) electrons. The molecule has 2 aromatic rings. The summed E-state index contributed by atoms with van der Waals surface area (Å²) in [6.45, 7) is 4.33. The van der Waals surface area contributed by atoms with E-state index in [-0.39, 0.29) is 17.7 Å². The van der Waals surface area contributed by atoms with Crippen LogP contribution in [0.1, 0.15) is 34.7 Å². The molecule has 1 aliphatic rings. The highest BCUT2D eigenvalue weighted by Gasteiger charge is 2.44. The van der Waals surface area contributed by atoms with Crippen LogP contribution in [0.2, 0.25) is 5.02 Å². The summed E-state index contributed by atoms with van der Waals surface area (Å²) in [5.41, 5.74) is 3.86. The third-order valence-corrected chi connectivity index (χ3v) is 4.96. The van der Waals surface area contributed by atoms with Crippen LogP contribution in [0.25, 0.3) is 0 Å². The first-order valence-electron chi connectivity index (χ1n) is 8.04. The Morgan fingerprint density at radius 2 is 2.12 bits per heavy atom. The van der Waals surface area contributed by atoms with E-state index in [1.54, 1.807) is 13.3 Å². The fraction of sp³-hybridized carbons (Fsp3) is 0.368. The highest BCUT2D eigenvalue weighted by atomic mass is 35.5. The molecule has 1 heterocycles. The van der Waals surface area contributed by atoms with Crippen LogP contribution in [-0.2, 0) is 11.3 Å². The lowest BCUT2D eigenvalue weighted by atomic mass is 10.1. The van der Waals surface area contributed by atoms with Crippen molar-refractivity contribution in [2.75, 3.05) is 7.11 Å². The Morgan fingerprint density at radius 3 is 2.83 bits per heavy atom. The van der Waals surface area contributed by atoms with Crippen molar-refractivity contribution in [2.24, 2.45) is 5.92 Å². The number of aromatic nitrogens is 1. The van der Waals surface area contributed by atoms with Gasteiger partial charge in [0.05, 0.1) is 19.3 Å². The van der Waals surface area contributed by atoms with Crippen LogP contribution in [0.4, 0.5) is 0 Å². The fourth-order valence-corrected chi connectivity index (χ4v) is 3.43. The number of hydrogen-bond donors (Lipinski definition) is 1. The van der Waals surface area contributed by atoms with Crippen molar-refractivity contribution < 1.29 is 9.53 Å². The largest absolute Gasteiger partial charge is 0.496 e. The van der Waals surface area contributed by atoms with Gasteiger partial charge in [0.15, 0.2) is 0 Å². The van der Waals surface area contributed by atoms with E-state index >= 15 is 0 Å². The molecule has 24 heavy (non-hydrogen) atoms. The second-order valence-electron chi connectivity index (χ2n) is 6.23. The third-order valence-electron chi connectivity index (χ3n) is 4.61. The monoisotopic (exact) mass is 344 g/mol. The SMILES string of the molecule is COc1c(C)cnc(CNC(=O)[C@@H]2C[C@H]2c2ccccc2Cl)c1C. The van der Waals surface area contributed by atoms with Gasteiger partial charge in [-0.05, 0) is 37.8 Å². The molecule has 1 N–H and O–H groups in total. The Morgan fingerprint density at radius 1 is 1.38 bits per heavy atom. The van der Waals surface area contributed by atoms with E-state index in [4.69, 9.17) is 16.3 Å². The van der Waals surface area contributed by atoms with Crippen molar-refractivity contribution in [1.29, 1.82) is 0 Å². The van der Waals surface area contributed by atoms with Gasteiger partial charge in [0.25, 0.3) is 0 Å². The zero-order valence-corrected chi connectivity index (χ0v) is 14.9. The maximum absolute atomic E-state index is 12.4. The van der Waals surface area contributed by atoms with Crippen LogP contribution >= 0.6 is 11.6 Å². The van der Waals surface area contributed by atoms with Crippen molar-refractivity contribution in [3.8, 4) is 5.75 Å². The number of pyridine rings is 1. The lowest BCUT2D eigenvalue weighted by molar-refractivity contribution is -0.122. The average molecular weight is 345 g/mol. The van der Waals surface area contributed by atoms with Crippen LogP contribution in [0.15, 0.2) is 30.5 Å². The number of benzene rings is 1. The highest BCUT2D eigenvalue weighted by Crippen LogP contribution is 2.49. The van der Waals surface area contributed by atoms with Crippen molar-refractivity contribution in [1.82, 2.24) is 10.3 Å². The molecule has 1 aliphatic carbocycles. The van der Waals surface area contributed by atoms with Gasteiger partial charge in [-0.3, -0.25) is 9.78 Å². The number of rotatable bonds is 5. The Balaban J connectivity index is 1.63. The molecule has 0 spiro atoms.